The second-order valence-corrected chi connectivity index (χ2v) is 5.86. The lowest BCUT2D eigenvalue weighted by Crippen LogP contribution is -2.54. The first-order valence-corrected chi connectivity index (χ1v) is 8.28. The molecule has 2 aromatic rings. The molecule has 0 spiro atoms. The molecular weight excluding hydrogens is 320 g/mol. The molecule has 0 bridgehead atoms. The van der Waals surface area contributed by atoms with Gasteiger partial charge in [-0.15, -0.1) is 0 Å². The molecule has 3 N–H and O–H groups in total. The Morgan fingerprint density at radius 1 is 1.08 bits per heavy atom. The molecule has 1 fully saturated rings. The minimum absolute atomic E-state index is 0.670. The SMILES string of the molecule is C=C(NNC(=S)N1CCN(c2cccc[nH+]2)CC1)c1ccccn1. The maximum absolute atomic E-state index is 5.46. The lowest BCUT2D eigenvalue weighted by Gasteiger charge is -2.32. The van der Waals surface area contributed by atoms with Crippen LogP contribution in [0.15, 0.2) is 55.4 Å². The van der Waals surface area contributed by atoms with Crippen LogP contribution in [-0.4, -0.2) is 41.2 Å². The van der Waals surface area contributed by atoms with E-state index in [9.17, 15) is 0 Å². The number of aromatic amines is 1. The molecule has 0 radical (unpaired) electrons. The van der Waals surface area contributed by atoms with Gasteiger partial charge in [0.2, 0.25) is 0 Å². The van der Waals surface area contributed by atoms with Crippen molar-refractivity contribution in [1.29, 1.82) is 0 Å². The smallest absolute Gasteiger partial charge is 0.274 e. The van der Waals surface area contributed by atoms with E-state index in [2.05, 4.69) is 43.3 Å². The molecule has 0 amide bonds. The van der Waals surface area contributed by atoms with E-state index in [1.54, 1.807) is 6.20 Å². The molecule has 3 heterocycles. The molecule has 1 aliphatic rings. The fourth-order valence-electron chi connectivity index (χ4n) is 2.54. The molecule has 24 heavy (non-hydrogen) atoms. The van der Waals surface area contributed by atoms with Gasteiger partial charge in [0.05, 0.1) is 30.7 Å². The van der Waals surface area contributed by atoms with Crippen LogP contribution in [0.2, 0.25) is 0 Å². The molecule has 6 nitrogen and oxygen atoms in total. The summed E-state index contributed by atoms with van der Waals surface area (Å²) in [4.78, 5) is 12.0. The van der Waals surface area contributed by atoms with Gasteiger partial charge in [-0.25, -0.2) is 4.98 Å². The third-order valence-electron chi connectivity index (χ3n) is 3.89. The van der Waals surface area contributed by atoms with E-state index in [0.29, 0.717) is 10.8 Å². The standard InChI is InChI=1S/C17H20N6S/c1-14(15-6-2-4-8-18-15)20-21-17(24)23-12-10-22(11-13-23)16-7-3-5-9-19-16/h2-9,20H,1,10-13H2,(H,21,24)/p+1. The van der Waals surface area contributed by atoms with Crippen molar-refractivity contribution < 1.29 is 4.98 Å². The number of hydrogen-bond donors (Lipinski definition) is 2. The minimum atomic E-state index is 0.670. The Balaban J connectivity index is 1.46. The van der Waals surface area contributed by atoms with Crippen LogP contribution in [0.1, 0.15) is 5.69 Å². The van der Waals surface area contributed by atoms with Gasteiger partial charge in [-0.05, 0) is 30.4 Å². The molecule has 1 aliphatic heterocycles. The predicted octanol–water partition coefficient (Wildman–Crippen LogP) is 1.07. The lowest BCUT2D eigenvalue weighted by molar-refractivity contribution is -0.364. The van der Waals surface area contributed by atoms with Crippen LogP contribution in [0.25, 0.3) is 5.70 Å². The quantitative estimate of drug-likeness (QED) is 0.641. The van der Waals surface area contributed by atoms with Crippen LogP contribution in [0.5, 0.6) is 0 Å². The third kappa shape index (κ3) is 3.99. The minimum Gasteiger partial charge on any atom is -0.340 e. The number of thiocarbonyl (C=S) groups is 1. The van der Waals surface area contributed by atoms with Crippen molar-refractivity contribution in [2.45, 2.75) is 0 Å². The molecule has 0 saturated carbocycles. The van der Waals surface area contributed by atoms with Crippen molar-refractivity contribution in [2.24, 2.45) is 0 Å². The zero-order valence-electron chi connectivity index (χ0n) is 13.4. The monoisotopic (exact) mass is 341 g/mol. The Morgan fingerprint density at radius 3 is 2.54 bits per heavy atom. The normalized spacial score (nSPS) is 14.2. The van der Waals surface area contributed by atoms with E-state index in [-0.39, 0.29) is 0 Å². The first-order valence-electron chi connectivity index (χ1n) is 7.87. The summed E-state index contributed by atoms with van der Waals surface area (Å²) in [6.45, 7) is 7.54. The van der Waals surface area contributed by atoms with Crippen molar-refractivity contribution in [1.82, 2.24) is 20.7 Å². The zero-order valence-corrected chi connectivity index (χ0v) is 14.2. The van der Waals surface area contributed by atoms with Gasteiger partial charge in [-0.3, -0.25) is 20.7 Å². The van der Waals surface area contributed by atoms with Gasteiger partial charge in [-0.1, -0.05) is 18.7 Å². The van der Waals surface area contributed by atoms with E-state index < -0.39 is 0 Å². The zero-order chi connectivity index (χ0) is 16.8. The van der Waals surface area contributed by atoms with Gasteiger partial charge >= 0.3 is 0 Å². The Labute approximate surface area is 147 Å². The highest BCUT2D eigenvalue weighted by atomic mass is 32.1. The van der Waals surface area contributed by atoms with Gasteiger partial charge in [0.25, 0.3) is 5.82 Å². The summed E-state index contributed by atoms with van der Waals surface area (Å²) >= 11 is 5.46. The number of aromatic nitrogens is 2. The van der Waals surface area contributed by atoms with Crippen LogP contribution in [0, 0.1) is 0 Å². The van der Waals surface area contributed by atoms with Gasteiger partial charge in [-0.2, -0.15) is 0 Å². The van der Waals surface area contributed by atoms with Gasteiger partial charge in [0, 0.05) is 12.3 Å². The van der Waals surface area contributed by atoms with E-state index >= 15 is 0 Å². The maximum Gasteiger partial charge on any atom is 0.274 e. The summed E-state index contributed by atoms with van der Waals surface area (Å²) in [5.41, 5.74) is 7.56. The fourth-order valence-corrected chi connectivity index (χ4v) is 2.78. The lowest BCUT2D eigenvalue weighted by atomic mass is 10.3. The summed E-state index contributed by atoms with van der Waals surface area (Å²) < 4.78 is 0. The van der Waals surface area contributed by atoms with Crippen molar-refractivity contribution in [2.75, 3.05) is 31.1 Å². The molecule has 0 unspecified atom stereocenters. The topological polar surface area (TPSA) is 57.6 Å². The third-order valence-corrected chi connectivity index (χ3v) is 4.25. The predicted molar refractivity (Wildman–Crippen MR) is 98.9 cm³/mol. The highest BCUT2D eigenvalue weighted by molar-refractivity contribution is 7.80. The average molecular weight is 341 g/mol. The largest absolute Gasteiger partial charge is 0.340 e. The maximum atomic E-state index is 5.46. The summed E-state index contributed by atoms with van der Waals surface area (Å²) in [6.07, 6.45) is 3.68. The van der Waals surface area contributed by atoms with E-state index in [0.717, 1.165) is 37.7 Å². The van der Waals surface area contributed by atoms with Gasteiger partial charge in [0.15, 0.2) is 5.11 Å². The van der Waals surface area contributed by atoms with Crippen molar-refractivity contribution >= 4 is 28.8 Å². The van der Waals surface area contributed by atoms with Gasteiger partial charge < -0.3 is 4.90 Å². The van der Waals surface area contributed by atoms with E-state index in [4.69, 9.17) is 12.2 Å². The Hall–Kier alpha value is -2.67. The number of pyridine rings is 2. The molecule has 3 rings (SSSR count). The first-order chi connectivity index (χ1) is 11.7. The molecular formula is C17H21N6S+. The summed E-state index contributed by atoms with van der Waals surface area (Å²) in [5.74, 6) is 1.14. The fraction of sp³-hybridized carbons (Fsp3) is 0.235. The molecule has 124 valence electrons. The van der Waals surface area contributed by atoms with Crippen LogP contribution < -0.4 is 20.7 Å². The molecule has 0 atom stereocenters. The van der Waals surface area contributed by atoms with Crippen LogP contribution in [0.3, 0.4) is 0 Å². The van der Waals surface area contributed by atoms with Crippen LogP contribution in [-0.2, 0) is 0 Å². The Bertz CT molecular complexity index is 683. The van der Waals surface area contributed by atoms with E-state index in [1.165, 1.54) is 0 Å². The second-order valence-electron chi connectivity index (χ2n) is 5.47. The van der Waals surface area contributed by atoms with Crippen LogP contribution in [0.4, 0.5) is 5.82 Å². The Kier molecular flexibility index (Phi) is 5.22. The van der Waals surface area contributed by atoms with Crippen molar-refractivity contribution in [3.8, 4) is 0 Å². The summed E-state index contributed by atoms with van der Waals surface area (Å²) in [7, 11) is 0. The average Bonchev–Trinajstić information content (AvgIpc) is 2.67. The number of anilines is 1. The highest BCUT2D eigenvalue weighted by Gasteiger charge is 2.24. The van der Waals surface area contributed by atoms with Crippen LogP contribution >= 0.6 is 12.2 Å². The Morgan fingerprint density at radius 2 is 1.88 bits per heavy atom. The number of piperazine rings is 1. The summed E-state index contributed by atoms with van der Waals surface area (Å²) in [6, 6.07) is 11.8. The highest BCUT2D eigenvalue weighted by Crippen LogP contribution is 2.10. The molecule has 0 aliphatic carbocycles. The van der Waals surface area contributed by atoms with Crippen molar-refractivity contribution in [3.05, 3.63) is 61.1 Å². The molecule has 7 heteroatoms. The number of hydrazine groups is 1. The second kappa shape index (κ2) is 7.74. The molecule has 0 aromatic carbocycles. The first kappa shape index (κ1) is 16.2. The van der Waals surface area contributed by atoms with Gasteiger partial charge in [0.1, 0.15) is 13.1 Å². The van der Waals surface area contributed by atoms with Crippen molar-refractivity contribution in [3.63, 3.8) is 0 Å². The summed E-state index contributed by atoms with van der Waals surface area (Å²) in [5, 5.41) is 0.670. The number of H-pyrrole nitrogens is 1. The molecule has 2 aromatic heterocycles. The molecule has 1 saturated heterocycles. The number of hydrogen-bond acceptors (Lipinski definition) is 4. The number of nitrogens with one attached hydrogen (secondary N) is 3. The van der Waals surface area contributed by atoms with E-state index in [1.807, 2.05) is 36.5 Å². The number of nitrogens with zero attached hydrogens (tertiary/aromatic N) is 3. The number of rotatable bonds is 4.